The van der Waals surface area contributed by atoms with Crippen molar-refractivity contribution in [1.82, 2.24) is 4.31 Å². The smallest absolute Gasteiger partial charge is 0.216 e. The van der Waals surface area contributed by atoms with Gasteiger partial charge in [0.2, 0.25) is 10.0 Å². The fourth-order valence-electron chi connectivity index (χ4n) is 2.03. The quantitative estimate of drug-likeness (QED) is 0.758. The molecule has 1 heterocycles. The average molecular weight is 249 g/mol. The number of hydrogen-bond acceptors (Lipinski definition) is 4. The Hall–Kier alpha value is -0.170. The maximum absolute atomic E-state index is 11.9. The minimum atomic E-state index is -3.17. The number of aliphatic hydroxyl groups is 1. The Kier molecular flexibility index (Phi) is 3.27. The SMILES string of the molecule is CN(CC1(O)CCOCC1)S(=O)(=O)C1CC1. The van der Waals surface area contributed by atoms with Gasteiger partial charge in [0.25, 0.3) is 0 Å². The van der Waals surface area contributed by atoms with Crippen LogP contribution < -0.4 is 0 Å². The molecule has 2 rings (SSSR count). The van der Waals surface area contributed by atoms with Crippen molar-refractivity contribution < 1.29 is 18.3 Å². The van der Waals surface area contributed by atoms with Gasteiger partial charge in [-0.15, -0.1) is 0 Å². The summed E-state index contributed by atoms with van der Waals surface area (Å²) in [7, 11) is -1.61. The molecule has 16 heavy (non-hydrogen) atoms. The Labute approximate surface area is 96.4 Å². The molecule has 94 valence electrons. The zero-order valence-electron chi connectivity index (χ0n) is 9.55. The second kappa shape index (κ2) is 4.25. The molecule has 1 aliphatic heterocycles. The van der Waals surface area contributed by atoms with Crippen molar-refractivity contribution in [2.24, 2.45) is 0 Å². The van der Waals surface area contributed by atoms with E-state index >= 15 is 0 Å². The summed E-state index contributed by atoms with van der Waals surface area (Å²) in [5.74, 6) is 0. The number of nitrogens with zero attached hydrogens (tertiary/aromatic N) is 1. The van der Waals surface area contributed by atoms with Gasteiger partial charge in [0.1, 0.15) is 0 Å². The van der Waals surface area contributed by atoms with E-state index < -0.39 is 15.6 Å². The highest BCUT2D eigenvalue weighted by Gasteiger charge is 2.41. The number of rotatable bonds is 4. The van der Waals surface area contributed by atoms with Gasteiger partial charge in [-0.25, -0.2) is 12.7 Å². The maximum Gasteiger partial charge on any atom is 0.216 e. The van der Waals surface area contributed by atoms with E-state index in [1.807, 2.05) is 0 Å². The van der Waals surface area contributed by atoms with Gasteiger partial charge < -0.3 is 9.84 Å². The molecule has 0 bridgehead atoms. The molecular weight excluding hydrogens is 230 g/mol. The average Bonchev–Trinajstić information content (AvgIpc) is 3.01. The van der Waals surface area contributed by atoms with E-state index in [2.05, 4.69) is 0 Å². The Morgan fingerprint density at radius 2 is 1.94 bits per heavy atom. The summed E-state index contributed by atoms with van der Waals surface area (Å²) in [5.41, 5.74) is -0.908. The second-order valence-corrected chi connectivity index (χ2v) is 7.16. The highest BCUT2D eigenvalue weighted by Crippen LogP contribution is 2.32. The lowest BCUT2D eigenvalue weighted by atomic mass is 9.95. The van der Waals surface area contributed by atoms with Crippen LogP contribution in [-0.2, 0) is 14.8 Å². The lowest BCUT2D eigenvalue weighted by Gasteiger charge is -2.35. The molecule has 0 amide bonds. The highest BCUT2D eigenvalue weighted by molar-refractivity contribution is 7.90. The zero-order chi connectivity index (χ0) is 11.8. The first-order valence-corrected chi connectivity index (χ1v) is 7.20. The molecule has 5 nitrogen and oxygen atoms in total. The van der Waals surface area contributed by atoms with Crippen LogP contribution in [0, 0.1) is 0 Å². The lowest BCUT2D eigenvalue weighted by molar-refractivity contribution is -0.0689. The standard InChI is InChI=1S/C10H19NO4S/c1-11(16(13,14)9-2-3-9)8-10(12)4-6-15-7-5-10/h9,12H,2-8H2,1H3. The molecule has 6 heteroatoms. The highest BCUT2D eigenvalue weighted by atomic mass is 32.2. The van der Waals surface area contributed by atoms with Crippen molar-refractivity contribution in [3.8, 4) is 0 Å². The van der Waals surface area contributed by atoms with Crippen LogP contribution in [0.25, 0.3) is 0 Å². The Bertz CT molecular complexity index is 344. The normalized spacial score (nSPS) is 25.9. The Balaban J connectivity index is 1.97. The molecular formula is C10H19NO4S. The van der Waals surface area contributed by atoms with Crippen LogP contribution in [0.4, 0.5) is 0 Å². The van der Waals surface area contributed by atoms with Crippen LogP contribution in [-0.4, -0.2) is 55.5 Å². The van der Waals surface area contributed by atoms with E-state index in [9.17, 15) is 13.5 Å². The molecule has 1 saturated carbocycles. The maximum atomic E-state index is 11.9. The predicted molar refractivity (Wildman–Crippen MR) is 59.6 cm³/mol. The molecule has 0 aromatic rings. The van der Waals surface area contributed by atoms with Crippen LogP contribution in [0.2, 0.25) is 0 Å². The van der Waals surface area contributed by atoms with Gasteiger partial charge >= 0.3 is 0 Å². The molecule has 0 aromatic carbocycles. The third kappa shape index (κ3) is 2.56. The molecule has 0 radical (unpaired) electrons. The molecule has 2 fully saturated rings. The van der Waals surface area contributed by atoms with E-state index in [-0.39, 0.29) is 11.8 Å². The van der Waals surface area contributed by atoms with Gasteiger partial charge in [-0.2, -0.15) is 0 Å². The lowest BCUT2D eigenvalue weighted by Crippen LogP contribution is -2.47. The van der Waals surface area contributed by atoms with Crippen molar-refractivity contribution in [1.29, 1.82) is 0 Å². The second-order valence-electron chi connectivity index (χ2n) is 4.84. The van der Waals surface area contributed by atoms with E-state index in [0.29, 0.717) is 26.1 Å². The van der Waals surface area contributed by atoms with Crippen LogP contribution >= 0.6 is 0 Å². The fourth-order valence-corrected chi connectivity index (χ4v) is 3.70. The third-order valence-corrected chi connectivity index (χ3v) is 5.63. The van der Waals surface area contributed by atoms with Gasteiger partial charge in [0.15, 0.2) is 0 Å². The van der Waals surface area contributed by atoms with Gasteiger partial charge in [0.05, 0.1) is 10.9 Å². The molecule has 2 aliphatic rings. The summed E-state index contributed by atoms with van der Waals surface area (Å²) in [4.78, 5) is 0. The first-order chi connectivity index (χ1) is 7.44. The minimum absolute atomic E-state index is 0.190. The summed E-state index contributed by atoms with van der Waals surface area (Å²) in [6.45, 7) is 1.21. The minimum Gasteiger partial charge on any atom is -0.388 e. The summed E-state index contributed by atoms with van der Waals surface area (Å²) < 4.78 is 30.3. The predicted octanol–water partition coefficient (Wildman–Crippen LogP) is -0.0481. The van der Waals surface area contributed by atoms with E-state index in [4.69, 9.17) is 4.74 Å². The molecule has 0 spiro atoms. The molecule has 1 N–H and O–H groups in total. The first-order valence-electron chi connectivity index (χ1n) is 5.69. The van der Waals surface area contributed by atoms with Gasteiger partial charge in [0, 0.05) is 39.6 Å². The van der Waals surface area contributed by atoms with Gasteiger partial charge in [-0.1, -0.05) is 0 Å². The largest absolute Gasteiger partial charge is 0.388 e. The fraction of sp³-hybridized carbons (Fsp3) is 1.00. The zero-order valence-corrected chi connectivity index (χ0v) is 10.4. The summed E-state index contributed by atoms with van der Waals surface area (Å²) in [5, 5.41) is 10.0. The van der Waals surface area contributed by atoms with Crippen molar-refractivity contribution >= 4 is 10.0 Å². The van der Waals surface area contributed by atoms with E-state index in [1.165, 1.54) is 4.31 Å². The van der Waals surface area contributed by atoms with Gasteiger partial charge in [-0.3, -0.25) is 0 Å². The van der Waals surface area contributed by atoms with Crippen molar-refractivity contribution in [2.45, 2.75) is 36.5 Å². The van der Waals surface area contributed by atoms with Crippen LogP contribution in [0.3, 0.4) is 0 Å². The van der Waals surface area contributed by atoms with Crippen molar-refractivity contribution in [3.05, 3.63) is 0 Å². The van der Waals surface area contributed by atoms with Crippen molar-refractivity contribution in [2.75, 3.05) is 26.8 Å². The Morgan fingerprint density at radius 1 is 1.38 bits per heavy atom. The summed E-state index contributed by atoms with van der Waals surface area (Å²) in [6.07, 6.45) is 2.54. The molecule has 1 aliphatic carbocycles. The van der Waals surface area contributed by atoms with E-state index in [0.717, 1.165) is 12.8 Å². The van der Waals surface area contributed by atoms with Crippen LogP contribution in [0.15, 0.2) is 0 Å². The monoisotopic (exact) mass is 249 g/mol. The molecule has 1 saturated heterocycles. The molecule has 0 atom stereocenters. The third-order valence-electron chi connectivity index (χ3n) is 3.32. The topological polar surface area (TPSA) is 66.8 Å². The Morgan fingerprint density at radius 3 is 2.44 bits per heavy atom. The van der Waals surface area contributed by atoms with E-state index in [1.54, 1.807) is 7.05 Å². The molecule has 0 aromatic heterocycles. The van der Waals surface area contributed by atoms with Crippen LogP contribution in [0.5, 0.6) is 0 Å². The van der Waals surface area contributed by atoms with Crippen molar-refractivity contribution in [3.63, 3.8) is 0 Å². The summed E-state index contributed by atoms with van der Waals surface area (Å²) in [6, 6.07) is 0. The van der Waals surface area contributed by atoms with Gasteiger partial charge in [-0.05, 0) is 12.8 Å². The number of sulfonamides is 1. The summed E-state index contributed by atoms with van der Waals surface area (Å²) >= 11 is 0. The number of hydrogen-bond donors (Lipinski definition) is 1. The number of ether oxygens (including phenoxy) is 1. The first kappa shape index (κ1) is 12.3. The number of likely N-dealkylation sites (N-methyl/N-ethyl adjacent to an activating group) is 1. The molecule has 0 unspecified atom stereocenters. The van der Waals surface area contributed by atoms with Crippen LogP contribution in [0.1, 0.15) is 25.7 Å².